The molecule has 0 spiro atoms. The molecule has 5 nitrogen and oxygen atoms in total. The van der Waals surface area contributed by atoms with Gasteiger partial charge in [-0.05, 0) is 55.2 Å². The van der Waals surface area contributed by atoms with Crippen LogP contribution in [0.15, 0.2) is 48.7 Å². The predicted molar refractivity (Wildman–Crippen MR) is 115 cm³/mol. The highest BCUT2D eigenvalue weighted by Crippen LogP contribution is 2.40. The van der Waals surface area contributed by atoms with Gasteiger partial charge in [0.1, 0.15) is 5.75 Å². The van der Waals surface area contributed by atoms with E-state index in [1.165, 1.54) is 0 Å². The molecule has 0 aliphatic rings. The Morgan fingerprint density at radius 1 is 1.14 bits per heavy atom. The molecule has 1 unspecified atom stereocenters. The number of hydrogen-bond donors (Lipinski definition) is 1. The predicted octanol–water partition coefficient (Wildman–Crippen LogP) is 4.58. The number of hydrogen-bond acceptors (Lipinski definition) is 3. The summed E-state index contributed by atoms with van der Waals surface area (Å²) in [5, 5.41) is 0.820. The third-order valence-electron chi connectivity index (χ3n) is 5.87. The molecule has 3 aromatic rings. The summed E-state index contributed by atoms with van der Waals surface area (Å²) in [5.41, 5.74) is 8.13. The van der Waals surface area contributed by atoms with Crippen LogP contribution in [-0.2, 0) is 10.2 Å². The van der Waals surface area contributed by atoms with Gasteiger partial charge in [-0.3, -0.25) is 14.2 Å². The first-order valence-corrected chi connectivity index (χ1v) is 9.99. The smallest absolute Gasteiger partial charge is 0.262 e. The van der Waals surface area contributed by atoms with Crippen molar-refractivity contribution in [3.63, 3.8) is 0 Å². The second-order valence-electron chi connectivity index (χ2n) is 7.47. The summed E-state index contributed by atoms with van der Waals surface area (Å²) in [6, 6.07) is 13.1. The second kappa shape index (κ2) is 8.11. The fourth-order valence-corrected chi connectivity index (χ4v) is 4.19. The van der Waals surface area contributed by atoms with E-state index in [1.54, 1.807) is 17.9 Å². The molecular formula is C24H28N2O3. The molecule has 1 heterocycles. The van der Waals surface area contributed by atoms with Gasteiger partial charge in [0.05, 0.1) is 18.0 Å². The largest absolute Gasteiger partial charge is 0.497 e. The van der Waals surface area contributed by atoms with Crippen molar-refractivity contribution in [3.8, 4) is 5.75 Å². The zero-order valence-corrected chi connectivity index (χ0v) is 17.5. The van der Waals surface area contributed by atoms with Gasteiger partial charge in [-0.2, -0.15) is 0 Å². The van der Waals surface area contributed by atoms with Gasteiger partial charge in [-0.15, -0.1) is 0 Å². The average Bonchev–Trinajstić information content (AvgIpc) is 3.10. The Labute approximate surface area is 171 Å². The Balaban J connectivity index is 2.33. The van der Waals surface area contributed by atoms with Gasteiger partial charge >= 0.3 is 0 Å². The normalized spacial score (nSPS) is 13.2. The van der Waals surface area contributed by atoms with E-state index < -0.39 is 5.41 Å². The Morgan fingerprint density at radius 3 is 2.45 bits per heavy atom. The Kier molecular flexibility index (Phi) is 5.78. The maximum Gasteiger partial charge on any atom is 0.262 e. The first-order valence-electron chi connectivity index (χ1n) is 9.99. The number of nitrogens with two attached hydrogens (primary N) is 1. The van der Waals surface area contributed by atoms with Crippen LogP contribution < -0.4 is 10.5 Å². The quantitative estimate of drug-likeness (QED) is 0.639. The summed E-state index contributed by atoms with van der Waals surface area (Å²) in [5.74, 6) is 0.174. The number of methoxy groups -OCH3 is 1. The molecular weight excluding hydrogens is 364 g/mol. The minimum Gasteiger partial charge on any atom is -0.497 e. The molecule has 5 heteroatoms. The number of ether oxygens (including phenoxy) is 1. The molecule has 0 saturated carbocycles. The maximum atomic E-state index is 13.4. The van der Waals surface area contributed by atoms with Crippen molar-refractivity contribution in [2.45, 2.75) is 45.4 Å². The zero-order chi connectivity index (χ0) is 21.2. The first kappa shape index (κ1) is 20.6. The summed E-state index contributed by atoms with van der Waals surface area (Å²) in [6.45, 7) is 5.91. The lowest BCUT2D eigenvalue weighted by Gasteiger charge is -2.29. The lowest BCUT2D eigenvalue weighted by atomic mass is 9.74. The summed E-state index contributed by atoms with van der Waals surface area (Å²) in [6.07, 6.45) is 3.78. The van der Waals surface area contributed by atoms with Crippen molar-refractivity contribution < 1.29 is 14.3 Å². The molecule has 29 heavy (non-hydrogen) atoms. The minimum atomic E-state index is -0.837. The monoisotopic (exact) mass is 392 g/mol. The van der Waals surface area contributed by atoms with Crippen molar-refractivity contribution in [3.05, 3.63) is 65.4 Å². The highest BCUT2D eigenvalue weighted by atomic mass is 16.5. The van der Waals surface area contributed by atoms with Crippen molar-refractivity contribution in [1.29, 1.82) is 0 Å². The molecule has 0 fully saturated rings. The molecule has 1 amide bonds. The lowest BCUT2D eigenvalue weighted by molar-refractivity contribution is -0.124. The van der Waals surface area contributed by atoms with E-state index >= 15 is 0 Å². The van der Waals surface area contributed by atoms with Crippen LogP contribution in [0.4, 0.5) is 0 Å². The molecule has 0 aliphatic carbocycles. The number of carbonyl (C=O) groups excluding carboxylic acids is 2. The van der Waals surface area contributed by atoms with Gasteiger partial charge in [-0.25, -0.2) is 0 Å². The highest BCUT2D eigenvalue weighted by Gasteiger charge is 2.39. The molecule has 1 atom stereocenters. The van der Waals surface area contributed by atoms with E-state index in [2.05, 4.69) is 0 Å². The number of primary amides is 1. The van der Waals surface area contributed by atoms with Crippen LogP contribution in [-0.4, -0.2) is 23.5 Å². The summed E-state index contributed by atoms with van der Waals surface area (Å²) < 4.78 is 7.04. The van der Waals surface area contributed by atoms with Crippen LogP contribution >= 0.6 is 0 Å². The van der Waals surface area contributed by atoms with Crippen molar-refractivity contribution in [2.24, 2.45) is 5.73 Å². The fourth-order valence-electron chi connectivity index (χ4n) is 4.19. The second-order valence-corrected chi connectivity index (χ2v) is 7.47. The summed E-state index contributed by atoms with van der Waals surface area (Å²) in [4.78, 5) is 26.0. The molecule has 0 saturated heterocycles. The van der Waals surface area contributed by atoms with Crippen LogP contribution in [0.5, 0.6) is 5.75 Å². The van der Waals surface area contributed by atoms with Crippen LogP contribution in [0.2, 0.25) is 0 Å². The zero-order valence-electron chi connectivity index (χ0n) is 17.5. The first-order chi connectivity index (χ1) is 13.9. The van der Waals surface area contributed by atoms with Crippen molar-refractivity contribution >= 4 is 22.7 Å². The number of amides is 1. The SMILES string of the molecule is CCCC(CC)(C(N)=O)c1cn(C(=O)c2ccccc2C)c2ccc(OC)cc12. The average molecular weight is 392 g/mol. The standard InChI is InChI=1S/C24H28N2O3/c1-5-13-24(6-2,23(25)28)20-15-26(21-12-11-17(29-4)14-19(20)21)22(27)18-10-8-7-9-16(18)3/h7-12,14-15H,5-6,13H2,1-4H3,(H2,25,28). The lowest BCUT2D eigenvalue weighted by Crippen LogP contribution is -2.40. The number of aromatic nitrogens is 1. The molecule has 0 radical (unpaired) electrons. The molecule has 0 bridgehead atoms. The minimum absolute atomic E-state index is 0.129. The number of aryl methyl sites for hydroxylation is 1. The summed E-state index contributed by atoms with van der Waals surface area (Å²) >= 11 is 0. The topological polar surface area (TPSA) is 74.3 Å². The molecule has 3 rings (SSSR count). The molecule has 2 N–H and O–H groups in total. The van der Waals surface area contributed by atoms with Gasteiger partial charge < -0.3 is 10.5 Å². The Hall–Kier alpha value is -3.08. The third-order valence-corrected chi connectivity index (χ3v) is 5.87. The highest BCUT2D eigenvalue weighted by molar-refractivity contribution is 6.05. The fraction of sp³-hybridized carbons (Fsp3) is 0.333. The van der Waals surface area contributed by atoms with Gasteiger partial charge in [0, 0.05) is 17.1 Å². The Bertz CT molecular complexity index is 1070. The van der Waals surface area contributed by atoms with Gasteiger partial charge in [-0.1, -0.05) is 38.5 Å². The van der Waals surface area contributed by atoms with E-state index in [-0.39, 0.29) is 11.8 Å². The molecule has 0 aliphatic heterocycles. The third kappa shape index (κ3) is 3.41. The van der Waals surface area contributed by atoms with Crippen molar-refractivity contribution in [2.75, 3.05) is 7.11 Å². The number of carbonyl (C=O) groups is 2. The number of rotatable bonds is 7. The van der Waals surface area contributed by atoms with Crippen molar-refractivity contribution in [1.82, 2.24) is 4.57 Å². The van der Waals surface area contributed by atoms with E-state index in [9.17, 15) is 9.59 Å². The van der Waals surface area contributed by atoms with E-state index in [4.69, 9.17) is 10.5 Å². The number of nitrogens with zero attached hydrogens (tertiary/aromatic N) is 1. The van der Waals surface area contributed by atoms with E-state index in [0.29, 0.717) is 24.2 Å². The number of benzene rings is 2. The van der Waals surface area contributed by atoms with E-state index in [0.717, 1.165) is 28.5 Å². The Morgan fingerprint density at radius 2 is 1.86 bits per heavy atom. The van der Waals surface area contributed by atoms with Crippen LogP contribution in [0.3, 0.4) is 0 Å². The van der Waals surface area contributed by atoms with Crippen LogP contribution in [0.25, 0.3) is 10.9 Å². The molecule has 152 valence electrons. The maximum absolute atomic E-state index is 13.4. The van der Waals surface area contributed by atoms with Gasteiger partial charge in [0.25, 0.3) is 5.91 Å². The number of fused-ring (bicyclic) bond motifs is 1. The molecule has 1 aromatic heterocycles. The van der Waals surface area contributed by atoms with Crippen LogP contribution in [0.1, 0.15) is 54.6 Å². The van der Waals surface area contributed by atoms with Gasteiger partial charge in [0.15, 0.2) is 0 Å². The molecule has 2 aromatic carbocycles. The van der Waals surface area contributed by atoms with E-state index in [1.807, 2.05) is 63.2 Å². The van der Waals surface area contributed by atoms with Crippen LogP contribution in [0, 0.1) is 6.92 Å². The summed E-state index contributed by atoms with van der Waals surface area (Å²) in [7, 11) is 1.60. The van der Waals surface area contributed by atoms with Gasteiger partial charge in [0.2, 0.25) is 5.91 Å².